The van der Waals surface area contributed by atoms with Crippen molar-refractivity contribution in [3.05, 3.63) is 65.5 Å². The van der Waals surface area contributed by atoms with Crippen LogP contribution in [-0.2, 0) is 13.1 Å². The molecule has 0 aliphatic carbocycles. The van der Waals surface area contributed by atoms with Crippen LogP contribution in [0.5, 0.6) is 0 Å². The van der Waals surface area contributed by atoms with E-state index in [4.69, 9.17) is 8.94 Å². The normalized spacial score (nSPS) is 13.4. The third-order valence-electron chi connectivity index (χ3n) is 3.62. The number of amides is 1. The highest BCUT2D eigenvalue weighted by atomic mass is 16.5. The Hall–Kier alpha value is -2.82. The van der Waals surface area contributed by atoms with Crippen molar-refractivity contribution in [1.29, 1.82) is 0 Å². The third kappa shape index (κ3) is 2.03. The average molecular weight is 280 g/mol. The number of furan rings is 1. The lowest BCUT2D eigenvalue weighted by molar-refractivity contribution is 0.0741. The van der Waals surface area contributed by atoms with E-state index in [1.54, 1.807) is 29.4 Å². The van der Waals surface area contributed by atoms with Gasteiger partial charge in [0.25, 0.3) is 5.91 Å². The molecule has 3 heterocycles. The van der Waals surface area contributed by atoms with Crippen LogP contribution in [0.4, 0.5) is 0 Å². The molecule has 0 atom stereocenters. The molecule has 0 unspecified atom stereocenters. The van der Waals surface area contributed by atoms with E-state index in [1.165, 1.54) is 11.1 Å². The second-order valence-electron chi connectivity index (χ2n) is 4.98. The van der Waals surface area contributed by atoms with Gasteiger partial charge in [-0.1, -0.05) is 29.4 Å². The summed E-state index contributed by atoms with van der Waals surface area (Å²) in [6, 6.07) is 13.2. The summed E-state index contributed by atoms with van der Waals surface area (Å²) in [6.07, 6.45) is 1.55. The lowest BCUT2D eigenvalue weighted by Gasteiger charge is -2.12. The zero-order valence-electron chi connectivity index (χ0n) is 11.2. The summed E-state index contributed by atoms with van der Waals surface area (Å²) in [5.74, 6) is 0.888. The first-order valence-corrected chi connectivity index (χ1v) is 6.68. The van der Waals surface area contributed by atoms with Gasteiger partial charge in [-0.3, -0.25) is 4.79 Å². The van der Waals surface area contributed by atoms with Crippen LogP contribution in [-0.4, -0.2) is 16.0 Å². The number of nitrogens with zero attached hydrogens (tertiary/aromatic N) is 2. The molecule has 0 saturated carbocycles. The molecule has 1 aliphatic heterocycles. The summed E-state index contributed by atoms with van der Waals surface area (Å²) in [5, 5.41) is 3.85. The van der Waals surface area contributed by atoms with Crippen LogP contribution in [0.3, 0.4) is 0 Å². The standard InChI is InChI=1S/C16H12N2O3/c19-16(18-9-11-4-1-2-5-12(11)10-18)13-8-15(21-17-13)14-6-3-7-20-14/h1-8H,9-10H2. The largest absolute Gasteiger partial charge is 0.461 e. The summed E-state index contributed by atoms with van der Waals surface area (Å²) in [4.78, 5) is 14.2. The summed E-state index contributed by atoms with van der Waals surface area (Å²) in [5.41, 5.74) is 2.66. The Morgan fingerprint density at radius 1 is 1.05 bits per heavy atom. The minimum absolute atomic E-state index is 0.132. The first kappa shape index (κ1) is 12.0. The van der Waals surface area contributed by atoms with E-state index in [0.717, 1.165) is 0 Å². The Morgan fingerprint density at radius 3 is 2.48 bits per heavy atom. The number of hydrogen-bond acceptors (Lipinski definition) is 4. The molecule has 0 saturated heterocycles. The Balaban J connectivity index is 1.57. The fourth-order valence-corrected chi connectivity index (χ4v) is 2.55. The topological polar surface area (TPSA) is 59.5 Å². The third-order valence-corrected chi connectivity index (χ3v) is 3.62. The fraction of sp³-hybridized carbons (Fsp3) is 0.125. The molecule has 5 heteroatoms. The lowest BCUT2D eigenvalue weighted by Crippen LogP contribution is -2.25. The number of carbonyl (C=O) groups excluding carboxylic acids is 1. The molecule has 104 valence electrons. The highest BCUT2D eigenvalue weighted by Gasteiger charge is 2.26. The van der Waals surface area contributed by atoms with E-state index in [1.807, 2.05) is 24.3 Å². The number of fused-ring (bicyclic) bond motifs is 1. The van der Waals surface area contributed by atoms with Gasteiger partial charge in [-0.05, 0) is 23.3 Å². The van der Waals surface area contributed by atoms with E-state index in [0.29, 0.717) is 30.3 Å². The molecular weight excluding hydrogens is 268 g/mol. The van der Waals surface area contributed by atoms with Gasteiger partial charge in [-0.2, -0.15) is 0 Å². The summed E-state index contributed by atoms with van der Waals surface area (Å²) < 4.78 is 10.4. The molecule has 0 fully saturated rings. The van der Waals surface area contributed by atoms with Crippen molar-refractivity contribution in [3.63, 3.8) is 0 Å². The quantitative estimate of drug-likeness (QED) is 0.723. The molecule has 0 spiro atoms. The van der Waals surface area contributed by atoms with Crippen molar-refractivity contribution in [2.75, 3.05) is 0 Å². The van der Waals surface area contributed by atoms with Crippen molar-refractivity contribution < 1.29 is 13.7 Å². The Bertz CT molecular complexity index is 764. The second-order valence-corrected chi connectivity index (χ2v) is 4.98. The maximum Gasteiger partial charge on any atom is 0.276 e. The van der Waals surface area contributed by atoms with E-state index >= 15 is 0 Å². The van der Waals surface area contributed by atoms with Crippen LogP contribution in [0.15, 0.2) is 57.7 Å². The van der Waals surface area contributed by atoms with E-state index < -0.39 is 0 Å². The monoisotopic (exact) mass is 280 g/mol. The molecule has 21 heavy (non-hydrogen) atoms. The molecule has 3 aromatic rings. The van der Waals surface area contributed by atoms with Crippen molar-refractivity contribution in [1.82, 2.24) is 10.1 Å². The van der Waals surface area contributed by atoms with E-state index in [-0.39, 0.29) is 5.91 Å². The minimum atomic E-state index is -0.132. The van der Waals surface area contributed by atoms with Gasteiger partial charge in [0.05, 0.1) is 6.26 Å². The number of rotatable bonds is 2. The predicted octanol–water partition coefficient (Wildman–Crippen LogP) is 3.09. The Labute approximate surface area is 120 Å². The summed E-state index contributed by atoms with van der Waals surface area (Å²) in [6.45, 7) is 1.22. The predicted molar refractivity (Wildman–Crippen MR) is 74.2 cm³/mol. The van der Waals surface area contributed by atoms with E-state index in [2.05, 4.69) is 5.16 Å². The van der Waals surface area contributed by atoms with Gasteiger partial charge in [0.1, 0.15) is 0 Å². The first-order chi connectivity index (χ1) is 10.3. The van der Waals surface area contributed by atoms with Gasteiger partial charge >= 0.3 is 0 Å². The zero-order valence-corrected chi connectivity index (χ0v) is 11.2. The smallest absolute Gasteiger partial charge is 0.276 e. The average Bonchev–Trinajstić information content (AvgIpc) is 3.24. The van der Waals surface area contributed by atoms with Gasteiger partial charge in [0, 0.05) is 19.2 Å². The molecular formula is C16H12N2O3. The maximum atomic E-state index is 12.5. The Kier molecular flexibility index (Phi) is 2.64. The molecule has 4 rings (SSSR count). The highest BCUT2D eigenvalue weighted by Crippen LogP contribution is 2.25. The molecule has 1 aliphatic rings. The first-order valence-electron chi connectivity index (χ1n) is 6.68. The van der Waals surface area contributed by atoms with Crippen molar-refractivity contribution >= 4 is 5.91 Å². The molecule has 0 N–H and O–H groups in total. The van der Waals surface area contributed by atoms with Crippen LogP contribution in [0.1, 0.15) is 21.6 Å². The minimum Gasteiger partial charge on any atom is -0.461 e. The zero-order chi connectivity index (χ0) is 14.2. The SMILES string of the molecule is O=C(c1cc(-c2ccco2)on1)N1Cc2ccccc2C1. The molecule has 2 aromatic heterocycles. The molecule has 1 aromatic carbocycles. The maximum absolute atomic E-state index is 12.5. The molecule has 1 amide bonds. The van der Waals surface area contributed by atoms with Gasteiger partial charge < -0.3 is 13.8 Å². The van der Waals surface area contributed by atoms with Crippen molar-refractivity contribution in [2.45, 2.75) is 13.1 Å². The number of hydrogen-bond donors (Lipinski definition) is 0. The van der Waals surface area contributed by atoms with Gasteiger partial charge in [0.2, 0.25) is 5.76 Å². The van der Waals surface area contributed by atoms with Crippen LogP contribution >= 0.6 is 0 Å². The van der Waals surface area contributed by atoms with Crippen molar-refractivity contribution in [2.24, 2.45) is 0 Å². The van der Waals surface area contributed by atoms with Crippen molar-refractivity contribution in [3.8, 4) is 11.5 Å². The number of benzene rings is 1. The van der Waals surface area contributed by atoms with Crippen LogP contribution in [0.2, 0.25) is 0 Å². The summed E-state index contributed by atoms with van der Waals surface area (Å²) in [7, 11) is 0. The van der Waals surface area contributed by atoms with Crippen LogP contribution in [0, 0.1) is 0 Å². The highest BCUT2D eigenvalue weighted by molar-refractivity contribution is 5.93. The Morgan fingerprint density at radius 2 is 1.81 bits per heavy atom. The lowest BCUT2D eigenvalue weighted by atomic mass is 10.1. The fourth-order valence-electron chi connectivity index (χ4n) is 2.55. The number of carbonyl (C=O) groups is 1. The second kappa shape index (κ2) is 4.63. The molecule has 0 radical (unpaired) electrons. The molecule has 0 bridgehead atoms. The summed E-state index contributed by atoms with van der Waals surface area (Å²) >= 11 is 0. The number of aromatic nitrogens is 1. The van der Waals surface area contributed by atoms with Crippen LogP contribution < -0.4 is 0 Å². The van der Waals surface area contributed by atoms with Gasteiger partial charge in [-0.15, -0.1) is 0 Å². The van der Waals surface area contributed by atoms with Gasteiger partial charge in [0.15, 0.2) is 11.5 Å². The van der Waals surface area contributed by atoms with E-state index in [9.17, 15) is 4.79 Å². The molecule has 5 nitrogen and oxygen atoms in total. The van der Waals surface area contributed by atoms with Gasteiger partial charge in [-0.25, -0.2) is 0 Å². The van der Waals surface area contributed by atoms with Crippen LogP contribution in [0.25, 0.3) is 11.5 Å².